The maximum atomic E-state index is 9.19. The number of aromatic nitrogens is 1. The number of benzene rings is 1. The first-order valence-corrected chi connectivity index (χ1v) is 4.88. The fourth-order valence-corrected chi connectivity index (χ4v) is 1.62. The molecule has 0 aliphatic rings. The molecule has 0 radical (unpaired) electrons. The zero-order valence-corrected chi connectivity index (χ0v) is 8.94. The molecular weight excluding hydrogens is 188 g/mol. The molecule has 0 fully saturated rings. The molecule has 0 aliphatic carbocycles. The monoisotopic (exact) mass is 202 g/mol. The molecule has 3 heteroatoms. The van der Waals surface area contributed by atoms with Crippen LogP contribution in [0.2, 0.25) is 0 Å². The fraction of sp³-hybridized carbons (Fsp3) is 0.250. The van der Waals surface area contributed by atoms with Gasteiger partial charge in [0, 0.05) is 31.4 Å². The van der Waals surface area contributed by atoms with Gasteiger partial charge in [0.1, 0.15) is 0 Å². The van der Waals surface area contributed by atoms with E-state index in [1.54, 1.807) is 6.20 Å². The molecule has 0 saturated heterocycles. The van der Waals surface area contributed by atoms with Crippen LogP contribution in [0.4, 0.5) is 5.69 Å². The molecule has 0 saturated carbocycles. The van der Waals surface area contributed by atoms with Crippen molar-refractivity contribution >= 4 is 16.5 Å². The normalized spacial score (nSPS) is 10.6. The topological polar surface area (TPSA) is 36.4 Å². The van der Waals surface area contributed by atoms with Gasteiger partial charge in [0.05, 0.1) is 12.3 Å². The molecule has 78 valence electrons. The number of fused-ring (bicyclic) bond motifs is 1. The second-order valence-corrected chi connectivity index (χ2v) is 3.72. The highest BCUT2D eigenvalue weighted by atomic mass is 16.3. The number of hydrogen-bond donors (Lipinski definition) is 1. The van der Waals surface area contributed by atoms with Gasteiger partial charge in [-0.3, -0.25) is 4.98 Å². The summed E-state index contributed by atoms with van der Waals surface area (Å²) in [7, 11) is 3.99. The Balaban J connectivity index is 2.67. The van der Waals surface area contributed by atoms with Gasteiger partial charge in [-0.1, -0.05) is 6.07 Å². The molecule has 0 bridgehead atoms. The number of aliphatic hydroxyl groups excluding tert-OH is 1. The second kappa shape index (κ2) is 3.87. The number of aliphatic hydroxyl groups is 1. The van der Waals surface area contributed by atoms with E-state index >= 15 is 0 Å². The minimum Gasteiger partial charge on any atom is -0.390 e. The zero-order valence-electron chi connectivity index (χ0n) is 8.94. The van der Waals surface area contributed by atoms with Crippen molar-refractivity contribution in [3.05, 3.63) is 36.2 Å². The Morgan fingerprint density at radius 2 is 2.07 bits per heavy atom. The molecule has 0 atom stereocenters. The molecule has 2 rings (SSSR count). The molecule has 1 aromatic heterocycles. The van der Waals surface area contributed by atoms with E-state index in [9.17, 15) is 5.11 Å². The molecular formula is C12H14N2O. The van der Waals surface area contributed by atoms with Crippen molar-refractivity contribution in [1.82, 2.24) is 4.98 Å². The van der Waals surface area contributed by atoms with E-state index < -0.39 is 0 Å². The van der Waals surface area contributed by atoms with Gasteiger partial charge in [-0.25, -0.2) is 0 Å². The third-order valence-corrected chi connectivity index (χ3v) is 2.50. The molecule has 0 amide bonds. The summed E-state index contributed by atoms with van der Waals surface area (Å²) in [4.78, 5) is 6.19. The molecule has 1 N–H and O–H groups in total. The van der Waals surface area contributed by atoms with E-state index in [2.05, 4.69) is 11.1 Å². The summed E-state index contributed by atoms with van der Waals surface area (Å²) in [5.41, 5.74) is 1.85. The number of anilines is 1. The standard InChI is InChI=1S/C12H14N2O/c1-14(2)10-4-3-9-5-6-13-12(8-15)11(9)7-10/h3-7,15H,8H2,1-2H3. The first-order valence-electron chi connectivity index (χ1n) is 4.88. The van der Waals surface area contributed by atoms with Gasteiger partial charge in [0.2, 0.25) is 0 Å². The Bertz CT molecular complexity index is 480. The Morgan fingerprint density at radius 1 is 1.27 bits per heavy atom. The highest BCUT2D eigenvalue weighted by Gasteiger charge is 2.03. The molecule has 3 nitrogen and oxygen atoms in total. The zero-order chi connectivity index (χ0) is 10.8. The summed E-state index contributed by atoms with van der Waals surface area (Å²) >= 11 is 0. The van der Waals surface area contributed by atoms with Gasteiger partial charge in [-0.2, -0.15) is 0 Å². The van der Waals surface area contributed by atoms with E-state index in [1.807, 2.05) is 37.2 Å². The molecule has 0 spiro atoms. The number of pyridine rings is 1. The van der Waals surface area contributed by atoms with E-state index in [0.717, 1.165) is 22.2 Å². The largest absolute Gasteiger partial charge is 0.390 e. The summed E-state index contributed by atoms with van der Waals surface area (Å²) in [6.45, 7) is -0.0196. The first-order chi connectivity index (χ1) is 7.22. The van der Waals surface area contributed by atoms with Crippen LogP contribution >= 0.6 is 0 Å². The third kappa shape index (κ3) is 1.78. The van der Waals surface area contributed by atoms with E-state index in [0.29, 0.717) is 0 Å². The van der Waals surface area contributed by atoms with Gasteiger partial charge in [-0.15, -0.1) is 0 Å². The van der Waals surface area contributed by atoms with Gasteiger partial charge < -0.3 is 10.0 Å². The quantitative estimate of drug-likeness (QED) is 0.806. The minimum absolute atomic E-state index is 0.0196. The average Bonchev–Trinajstić information content (AvgIpc) is 2.27. The Morgan fingerprint density at radius 3 is 2.73 bits per heavy atom. The maximum Gasteiger partial charge on any atom is 0.0859 e. The van der Waals surface area contributed by atoms with Crippen LogP contribution < -0.4 is 4.90 Å². The van der Waals surface area contributed by atoms with Gasteiger partial charge >= 0.3 is 0 Å². The summed E-state index contributed by atoms with van der Waals surface area (Å²) in [6.07, 6.45) is 1.73. The summed E-state index contributed by atoms with van der Waals surface area (Å²) in [5.74, 6) is 0. The lowest BCUT2D eigenvalue weighted by molar-refractivity contribution is 0.278. The van der Waals surface area contributed by atoms with Crippen molar-refractivity contribution in [2.45, 2.75) is 6.61 Å². The van der Waals surface area contributed by atoms with Crippen LogP contribution in [-0.2, 0) is 6.61 Å². The lowest BCUT2D eigenvalue weighted by Gasteiger charge is -2.13. The van der Waals surface area contributed by atoms with Crippen LogP contribution in [0.3, 0.4) is 0 Å². The van der Waals surface area contributed by atoms with E-state index in [4.69, 9.17) is 0 Å². The van der Waals surface area contributed by atoms with Crippen LogP contribution in [-0.4, -0.2) is 24.2 Å². The number of rotatable bonds is 2. The maximum absolute atomic E-state index is 9.19. The highest BCUT2D eigenvalue weighted by Crippen LogP contribution is 2.22. The highest BCUT2D eigenvalue weighted by molar-refractivity contribution is 5.87. The fourth-order valence-electron chi connectivity index (χ4n) is 1.62. The predicted molar refractivity (Wildman–Crippen MR) is 62.0 cm³/mol. The lowest BCUT2D eigenvalue weighted by Crippen LogP contribution is -2.08. The molecule has 15 heavy (non-hydrogen) atoms. The predicted octanol–water partition coefficient (Wildman–Crippen LogP) is 1.79. The van der Waals surface area contributed by atoms with Gasteiger partial charge in [0.25, 0.3) is 0 Å². The lowest BCUT2D eigenvalue weighted by atomic mass is 10.1. The summed E-state index contributed by atoms with van der Waals surface area (Å²) < 4.78 is 0. The Kier molecular flexibility index (Phi) is 2.56. The minimum atomic E-state index is -0.0196. The van der Waals surface area contributed by atoms with Crippen molar-refractivity contribution in [1.29, 1.82) is 0 Å². The smallest absolute Gasteiger partial charge is 0.0859 e. The van der Waals surface area contributed by atoms with Crippen LogP contribution in [0.1, 0.15) is 5.69 Å². The molecule has 1 heterocycles. The van der Waals surface area contributed by atoms with E-state index in [1.165, 1.54) is 0 Å². The average molecular weight is 202 g/mol. The van der Waals surface area contributed by atoms with E-state index in [-0.39, 0.29) is 6.61 Å². The number of nitrogens with zero attached hydrogens (tertiary/aromatic N) is 2. The summed E-state index contributed by atoms with van der Waals surface area (Å²) in [5, 5.41) is 11.3. The molecule has 1 aromatic carbocycles. The molecule has 0 aliphatic heterocycles. The molecule has 0 unspecified atom stereocenters. The SMILES string of the molecule is CN(C)c1ccc2ccnc(CO)c2c1. The van der Waals surface area contributed by atoms with Crippen LogP contribution in [0.15, 0.2) is 30.5 Å². The van der Waals surface area contributed by atoms with Crippen LogP contribution in [0, 0.1) is 0 Å². The Labute approximate surface area is 89.0 Å². The molecule has 2 aromatic rings. The van der Waals surface area contributed by atoms with Crippen molar-refractivity contribution < 1.29 is 5.11 Å². The third-order valence-electron chi connectivity index (χ3n) is 2.50. The Hall–Kier alpha value is -1.61. The number of hydrogen-bond acceptors (Lipinski definition) is 3. The first kappa shape index (κ1) is 9.93. The van der Waals surface area contributed by atoms with Crippen molar-refractivity contribution in [3.63, 3.8) is 0 Å². The van der Waals surface area contributed by atoms with Crippen LogP contribution in [0.5, 0.6) is 0 Å². The van der Waals surface area contributed by atoms with Crippen molar-refractivity contribution in [2.24, 2.45) is 0 Å². The van der Waals surface area contributed by atoms with Gasteiger partial charge in [-0.05, 0) is 23.6 Å². The summed E-state index contributed by atoms with van der Waals surface area (Å²) in [6, 6.07) is 8.11. The van der Waals surface area contributed by atoms with Crippen LogP contribution in [0.25, 0.3) is 10.8 Å². The van der Waals surface area contributed by atoms with Crippen molar-refractivity contribution in [3.8, 4) is 0 Å². The second-order valence-electron chi connectivity index (χ2n) is 3.72. The van der Waals surface area contributed by atoms with Crippen molar-refractivity contribution in [2.75, 3.05) is 19.0 Å². The van der Waals surface area contributed by atoms with Gasteiger partial charge in [0.15, 0.2) is 0 Å².